The zero-order chi connectivity index (χ0) is 15.9. The van der Waals surface area contributed by atoms with Crippen molar-refractivity contribution in [2.75, 3.05) is 13.2 Å². The van der Waals surface area contributed by atoms with Crippen LogP contribution in [0.2, 0.25) is 0 Å². The average Bonchev–Trinajstić information content (AvgIpc) is 2.33. The van der Waals surface area contributed by atoms with E-state index in [1.165, 1.54) is 0 Å². The van der Waals surface area contributed by atoms with Crippen molar-refractivity contribution in [2.24, 2.45) is 0 Å². The Bertz CT molecular complexity index is 327. The molecule has 0 radical (unpaired) electrons. The minimum absolute atomic E-state index is 0.587. The van der Waals surface area contributed by atoms with Gasteiger partial charge < -0.3 is 25.2 Å². The quantitative estimate of drug-likeness (QED) is 0.342. The molecule has 118 valence electrons. The lowest BCUT2D eigenvalue weighted by molar-refractivity contribution is -0.146. The van der Waals surface area contributed by atoms with E-state index in [2.05, 4.69) is 4.84 Å². The molecule has 1 amide bonds. The zero-order valence-corrected chi connectivity index (χ0v) is 11.6. The molecule has 0 spiro atoms. The van der Waals surface area contributed by atoms with Gasteiger partial charge in [-0.05, 0) is 20.8 Å². The summed E-state index contributed by atoms with van der Waals surface area (Å²) in [6.45, 7) is 3.37. The van der Waals surface area contributed by atoms with Crippen LogP contribution in [0.5, 0.6) is 0 Å². The molecule has 20 heavy (non-hydrogen) atoms. The first kappa shape index (κ1) is 18.7. The van der Waals surface area contributed by atoms with Crippen molar-refractivity contribution < 1.29 is 39.6 Å². The highest BCUT2D eigenvalue weighted by Crippen LogP contribution is 2.06. The maximum atomic E-state index is 11.2. The molecule has 9 heteroatoms. The Labute approximate surface area is 116 Å². The summed E-state index contributed by atoms with van der Waals surface area (Å²) in [5, 5.41) is 36.5. The largest absolute Gasteiger partial charge is 0.442 e. The van der Waals surface area contributed by atoms with Crippen LogP contribution in [0.15, 0.2) is 0 Å². The summed E-state index contributed by atoms with van der Waals surface area (Å²) in [6.07, 6.45) is -6.34. The third-order valence-corrected chi connectivity index (χ3v) is 2.01. The number of carbonyl (C=O) groups excluding carboxylic acids is 2. The number of amides is 1. The maximum absolute atomic E-state index is 11.2. The second kappa shape index (κ2) is 8.12. The van der Waals surface area contributed by atoms with E-state index in [1.54, 1.807) is 20.8 Å². The van der Waals surface area contributed by atoms with Gasteiger partial charge in [-0.3, -0.25) is 9.63 Å². The Morgan fingerprint density at radius 3 is 2.20 bits per heavy atom. The number of ether oxygens (including phenoxy) is 1. The molecule has 9 nitrogen and oxygen atoms in total. The van der Waals surface area contributed by atoms with Gasteiger partial charge in [0.05, 0.1) is 0 Å². The van der Waals surface area contributed by atoms with Crippen LogP contribution >= 0.6 is 0 Å². The van der Waals surface area contributed by atoms with E-state index in [0.29, 0.717) is 0 Å². The predicted octanol–water partition coefficient (Wildman–Crippen LogP) is -1.91. The Balaban J connectivity index is 4.07. The maximum Gasteiger partial charge on any atom is 0.431 e. The monoisotopic (exact) mass is 295 g/mol. The molecule has 0 aromatic heterocycles. The predicted molar refractivity (Wildman–Crippen MR) is 65.4 cm³/mol. The molecule has 0 saturated heterocycles. The summed E-state index contributed by atoms with van der Waals surface area (Å²) in [5.41, 5.74) is 1.13. The van der Waals surface area contributed by atoms with Gasteiger partial charge in [0.25, 0.3) is 0 Å². The van der Waals surface area contributed by atoms with Crippen molar-refractivity contribution in [3.63, 3.8) is 0 Å². The van der Waals surface area contributed by atoms with Crippen LogP contribution < -0.4 is 5.48 Å². The normalized spacial score (nSPS) is 16.1. The van der Waals surface area contributed by atoms with E-state index in [4.69, 9.17) is 9.84 Å². The molecule has 0 heterocycles. The van der Waals surface area contributed by atoms with E-state index in [9.17, 15) is 24.9 Å². The van der Waals surface area contributed by atoms with Crippen LogP contribution in [0.1, 0.15) is 20.8 Å². The number of hydrogen-bond donors (Lipinski definition) is 5. The van der Waals surface area contributed by atoms with Gasteiger partial charge in [0.2, 0.25) is 0 Å². The minimum Gasteiger partial charge on any atom is -0.442 e. The van der Waals surface area contributed by atoms with Crippen LogP contribution in [0, 0.1) is 0 Å². The molecule has 0 aromatic rings. The molecule has 0 bridgehead atoms. The number of rotatable bonds is 7. The van der Waals surface area contributed by atoms with Crippen LogP contribution in [-0.4, -0.2) is 69.4 Å². The first-order chi connectivity index (χ1) is 9.08. The van der Waals surface area contributed by atoms with E-state index >= 15 is 0 Å². The molecule has 0 aliphatic rings. The molecule has 0 aliphatic heterocycles. The highest BCUT2D eigenvalue weighted by atomic mass is 16.7. The van der Waals surface area contributed by atoms with Crippen molar-refractivity contribution in [1.29, 1.82) is 0 Å². The number of hydroxylamine groups is 1. The Hall–Kier alpha value is -1.26. The Kier molecular flexibility index (Phi) is 7.61. The molecular weight excluding hydrogens is 274 g/mol. The lowest BCUT2D eigenvalue weighted by Gasteiger charge is -2.22. The topological polar surface area (TPSA) is 146 Å². The summed E-state index contributed by atoms with van der Waals surface area (Å²) < 4.78 is 4.83. The standard InChI is InChI=1S/C11H21NO8/c1-11(2,3)20-10(18)12-19-5-7(15)9(17)8(16)6(14)4-13/h7-9,13,15-17H,4-5H2,1-3H3,(H,12,18)/t7-,8+,9+/m1/s1. The number of Topliss-reactive ketones (excluding diaryl/α,β-unsaturated/α-hetero) is 1. The Morgan fingerprint density at radius 2 is 1.75 bits per heavy atom. The fraction of sp³-hybridized carbons (Fsp3) is 0.818. The van der Waals surface area contributed by atoms with Crippen LogP contribution in [-0.2, 0) is 14.4 Å². The van der Waals surface area contributed by atoms with Gasteiger partial charge >= 0.3 is 6.09 Å². The first-order valence-electron chi connectivity index (χ1n) is 5.87. The minimum atomic E-state index is -1.94. The first-order valence-corrected chi connectivity index (χ1v) is 5.87. The molecule has 0 rings (SSSR count). The lowest BCUT2D eigenvalue weighted by atomic mass is 10.1. The third kappa shape index (κ3) is 7.36. The lowest BCUT2D eigenvalue weighted by Crippen LogP contribution is -2.46. The molecule has 0 aromatic carbocycles. The second-order valence-corrected chi connectivity index (χ2v) is 5.04. The molecule has 3 atom stereocenters. The van der Waals surface area contributed by atoms with E-state index < -0.39 is 49.0 Å². The fourth-order valence-electron chi connectivity index (χ4n) is 1.08. The summed E-state index contributed by atoms with van der Waals surface area (Å²) in [4.78, 5) is 26.6. The average molecular weight is 295 g/mol. The van der Waals surface area contributed by atoms with E-state index in [1.807, 2.05) is 5.48 Å². The highest BCUT2D eigenvalue weighted by molar-refractivity contribution is 5.84. The van der Waals surface area contributed by atoms with Crippen LogP contribution in [0.3, 0.4) is 0 Å². The van der Waals surface area contributed by atoms with Gasteiger partial charge in [0.15, 0.2) is 5.78 Å². The summed E-state index contributed by atoms with van der Waals surface area (Å²) >= 11 is 0. The summed E-state index contributed by atoms with van der Waals surface area (Å²) in [5.74, 6) is -1.04. The van der Waals surface area contributed by atoms with Crippen LogP contribution in [0.4, 0.5) is 4.79 Å². The highest BCUT2D eigenvalue weighted by Gasteiger charge is 2.30. The molecular formula is C11H21NO8. The van der Waals surface area contributed by atoms with Gasteiger partial charge in [0.1, 0.15) is 37.1 Å². The van der Waals surface area contributed by atoms with Crippen molar-refractivity contribution in [1.82, 2.24) is 5.48 Å². The molecule has 0 saturated carbocycles. The number of nitrogens with one attached hydrogen (secondary N) is 1. The van der Waals surface area contributed by atoms with Gasteiger partial charge in [-0.1, -0.05) is 0 Å². The van der Waals surface area contributed by atoms with Crippen molar-refractivity contribution in [3.8, 4) is 0 Å². The van der Waals surface area contributed by atoms with Crippen LogP contribution in [0.25, 0.3) is 0 Å². The van der Waals surface area contributed by atoms with Gasteiger partial charge in [0, 0.05) is 0 Å². The second-order valence-electron chi connectivity index (χ2n) is 5.04. The third-order valence-electron chi connectivity index (χ3n) is 2.01. The van der Waals surface area contributed by atoms with Crippen molar-refractivity contribution in [3.05, 3.63) is 0 Å². The van der Waals surface area contributed by atoms with Gasteiger partial charge in [-0.2, -0.15) is 5.48 Å². The number of aliphatic hydroxyl groups excluding tert-OH is 4. The summed E-state index contributed by atoms with van der Waals surface area (Å²) in [6, 6.07) is 0. The van der Waals surface area contributed by atoms with E-state index in [0.717, 1.165) is 0 Å². The zero-order valence-electron chi connectivity index (χ0n) is 11.6. The molecule has 0 fully saturated rings. The fourth-order valence-corrected chi connectivity index (χ4v) is 1.08. The Morgan fingerprint density at radius 1 is 1.20 bits per heavy atom. The molecule has 0 unspecified atom stereocenters. The van der Waals surface area contributed by atoms with Gasteiger partial charge in [-0.15, -0.1) is 0 Å². The number of hydrogen-bond acceptors (Lipinski definition) is 8. The summed E-state index contributed by atoms with van der Waals surface area (Å²) in [7, 11) is 0. The number of aliphatic hydroxyl groups is 4. The van der Waals surface area contributed by atoms with Crippen molar-refractivity contribution in [2.45, 2.75) is 44.7 Å². The van der Waals surface area contributed by atoms with Gasteiger partial charge in [-0.25, -0.2) is 4.79 Å². The van der Waals surface area contributed by atoms with Crippen molar-refractivity contribution >= 4 is 11.9 Å². The smallest absolute Gasteiger partial charge is 0.431 e. The number of ketones is 1. The molecule has 0 aliphatic carbocycles. The number of carbonyl (C=O) groups is 2. The molecule has 5 N–H and O–H groups in total. The SMILES string of the molecule is CC(C)(C)OC(=O)NOC[C@@H](O)[C@H](O)[C@@H](O)C(=O)CO. The van der Waals surface area contributed by atoms with E-state index in [-0.39, 0.29) is 0 Å².